The van der Waals surface area contributed by atoms with Crippen molar-refractivity contribution < 1.29 is 19.7 Å². The Labute approximate surface area is 143 Å². The molecule has 2 unspecified atom stereocenters. The van der Waals surface area contributed by atoms with Gasteiger partial charge in [0.25, 0.3) is 0 Å². The van der Waals surface area contributed by atoms with Crippen molar-refractivity contribution in [3.05, 3.63) is 35.9 Å². The average Bonchev–Trinajstić information content (AvgIpc) is 3.10. The van der Waals surface area contributed by atoms with Gasteiger partial charge in [0.2, 0.25) is 0 Å². The Morgan fingerprint density at radius 3 is 2.79 bits per heavy atom. The number of aromatic hydroxyl groups is 1. The maximum Gasteiger partial charge on any atom is 0.115 e. The van der Waals surface area contributed by atoms with E-state index in [-0.39, 0.29) is 6.10 Å². The first-order valence-corrected chi connectivity index (χ1v) is 8.79. The van der Waals surface area contributed by atoms with E-state index in [1.807, 2.05) is 12.1 Å². The van der Waals surface area contributed by atoms with Crippen molar-refractivity contribution in [2.24, 2.45) is 0 Å². The fourth-order valence-corrected chi connectivity index (χ4v) is 3.28. The van der Waals surface area contributed by atoms with E-state index < -0.39 is 6.10 Å². The zero-order valence-corrected chi connectivity index (χ0v) is 14.1. The molecule has 2 aliphatic heterocycles. The first-order valence-electron chi connectivity index (χ1n) is 8.79. The van der Waals surface area contributed by atoms with Crippen LogP contribution in [0.3, 0.4) is 0 Å². The highest BCUT2D eigenvalue weighted by Gasteiger charge is 2.18. The van der Waals surface area contributed by atoms with E-state index in [1.165, 1.54) is 5.57 Å². The Morgan fingerprint density at radius 2 is 2.12 bits per heavy atom. The minimum atomic E-state index is -0.463. The molecule has 2 N–H and O–H groups in total. The normalized spacial score (nSPS) is 23.2. The number of aliphatic hydroxyl groups excluding tert-OH is 1. The highest BCUT2D eigenvalue weighted by atomic mass is 16.5. The maximum absolute atomic E-state index is 10.1. The molecule has 0 radical (unpaired) electrons. The molecule has 1 fully saturated rings. The van der Waals surface area contributed by atoms with Gasteiger partial charge in [-0.3, -0.25) is 4.90 Å². The van der Waals surface area contributed by atoms with E-state index in [9.17, 15) is 10.2 Å². The number of hydrogen-bond acceptors (Lipinski definition) is 5. The number of β-amino-alcohol motifs (C(OH)–C–C–N with tert-alkyl or cyclic N) is 1. The Bertz CT molecular complexity index is 537. The van der Waals surface area contributed by atoms with E-state index in [4.69, 9.17) is 9.47 Å². The van der Waals surface area contributed by atoms with Crippen LogP contribution >= 0.6 is 0 Å². The molecular formula is C19H27NO4. The number of phenols is 1. The van der Waals surface area contributed by atoms with Crippen LogP contribution in [0.5, 0.6) is 5.75 Å². The second-order valence-electron chi connectivity index (χ2n) is 6.61. The van der Waals surface area contributed by atoms with Crippen LogP contribution < -0.4 is 0 Å². The predicted molar refractivity (Wildman–Crippen MR) is 92.9 cm³/mol. The lowest BCUT2D eigenvalue weighted by molar-refractivity contribution is -0.0244. The Morgan fingerprint density at radius 1 is 1.29 bits per heavy atom. The number of phenolic OH excluding ortho intramolecular Hbond substituents is 1. The van der Waals surface area contributed by atoms with Gasteiger partial charge < -0.3 is 19.7 Å². The fourth-order valence-electron chi connectivity index (χ4n) is 3.28. The summed E-state index contributed by atoms with van der Waals surface area (Å²) in [7, 11) is 0. The van der Waals surface area contributed by atoms with E-state index in [1.54, 1.807) is 12.1 Å². The molecule has 5 nitrogen and oxygen atoms in total. The van der Waals surface area contributed by atoms with Crippen molar-refractivity contribution in [3.8, 4) is 5.75 Å². The van der Waals surface area contributed by atoms with Crippen molar-refractivity contribution in [2.75, 3.05) is 39.5 Å². The molecule has 1 aromatic rings. The molecule has 5 heteroatoms. The number of rotatable bonds is 7. The van der Waals surface area contributed by atoms with E-state index in [0.717, 1.165) is 44.5 Å². The third-order valence-electron chi connectivity index (χ3n) is 4.64. The zero-order valence-electron chi connectivity index (χ0n) is 14.1. The lowest BCUT2D eigenvalue weighted by Gasteiger charge is -2.28. The van der Waals surface area contributed by atoms with Crippen LogP contribution in [0, 0.1) is 0 Å². The lowest BCUT2D eigenvalue weighted by Crippen LogP contribution is -2.37. The minimum absolute atomic E-state index is 0.211. The number of aliphatic hydroxyl groups is 1. The highest BCUT2D eigenvalue weighted by Crippen LogP contribution is 2.24. The first kappa shape index (κ1) is 17.4. The fraction of sp³-hybridized carbons (Fsp3) is 0.579. The number of benzene rings is 1. The van der Waals surface area contributed by atoms with Gasteiger partial charge in [-0.1, -0.05) is 18.2 Å². The molecule has 3 rings (SSSR count). The molecule has 0 bridgehead atoms. The van der Waals surface area contributed by atoms with Gasteiger partial charge in [-0.05, 0) is 42.5 Å². The van der Waals surface area contributed by atoms with Gasteiger partial charge >= 0.3 is 0 Å². The third-order valence-corrected chi connectivity index (χ3v) is 4.64. The third kappa shape index (κ3) is 5.05. The van der Waals surface area contributed by atoms with Crippen LogP contribution in [-0.2, 0) is 9.47 Å². The summed E-state index contributed by atoms with van der Waals surface area (Å²) >= 11 is 0. The Kier molecular flexibility index (Phi) is 6.26. The van der Waals surface area contributed by atoms with Crippen LogP contribution in [0.2, 0.25) is 0 Å². The molecule has 1 saturated heterocycles. The summed E-state index contributed by atoms with van der Waals surface area (Å²) in [5.74, 6) is 0.294. The number of ether oxygens (including phenoxy) is 2. The van der Waals surface area contributed by atoms with Gasteiger partial charge in [0.1, 0.15) is 5.75 Å². The van der Waals surface area contributed by atoms with E-state index >= 15 is 0 Å². The van der Waals surface area contributed by atoms with Crippen LogP contribution in [0.4, 0.5) is 0 Å². The van der Waals surface area contributed by atoms with Crippen molar-refractivity contribution in [2.45, 2.75) is 31.5 Å². The molecule has 0 saturated carbocycles. The molecule has 2 heterocycles. The molecule has 0 aromatic heterocycles. The van der Waals surface area contributed by atoms with Crippen molar-refractivity contribution in [1.29, 1.82) is 0 Å². The maximum atomic E-state index is 10.1. The standard InChI is InChI=1S/C19H27NO4/c21-17-5-3-15(4-6-17)16-7-9-20(10-8-16)12-18(22)13-23-14-19-2-1-11-24-19/h3-7,18-19,21-22H,1-2,8-14H2. The molecule has 2 aliphatic rings. The predicted octanol–water partition coefficient (Wildman–Crippen LogP) is 2.04. The Hall–Kier alpha value is -1.40. The molecule has 2 atom stereocenters. The zero-order chi connectivity index (χ0) is 16.8. The minimum Gasteiger partial charge on any atom is -0.508 e. The topological polar surface area (TPSA) is 62.2 Å². The highest BCUT2D eigenvalue weighted by molar-refractivity contribution is 5.67. The van der Waals surface area contributed by atoms with Gasteiger partial charge in [-0.15, -0.1) is 0 Å². The summed E-state index contributed by atoms with van der Waals surface area (Å²) in [5, 5.41) is 19.5. The lowest BCUT2D eigenvalue weighted by atomic mass is 9.99. The van der Waals surface area contributed by atoms with Gasteiger partial charge in [0.05, 0.1) is 25.4 Å². The van der Waals surface area contributed by atoms with Crippen molar-refractivity contribution >= 4 is 5.57 Å². The Balaban J connectivity index is 1.38. The molecule has 0 spiro atoms. The monoisotopic (exact) mass is 333 g/mol. The average molecular weight is 333 g/mol. The second-order valence-corrected chi connectivity index (χ2v) is 6.61. The van der Waals surface area contributed by atoms with Gasteiger partial charge in [0.15, 0.2) is 0 Å². The summed E-state index contributed by atoms with van der Waals surface area (Å²) in [6.45, 7) is 4.17. The summed E-state index contributed by atoms with van der Waals surface area (Å²) in [4.78, 5) is 2.24. The largest absolute Gasteiger partial charge is 0.508 e. The molecule has 0 amide bonds. The van der Waals surface area contributed by atoms with Crippen molar-refractivity contribution in [1.82, 2.24) is 4.90 Å². The summed E-state index contributed by atoms with van der Waals surface area (Å²) in [5.41, 5.74) is 2.46. The number of nitrogens with zero attached hydrogens (tertiary/aromatic N) is 1. The van der Waals surface area contributed by atoms with Gasteiger partial charge in [0, 0.05) is 26.2 Å². The molecule has 132 valence electrons. The molecule has 1 aromatic carbocycles. The van der Waals surface area contributed by atoms with E-state index in [0.29, 0.717) is 25.5 Å². The first-order chi connectivity index (χ1) is 11.7. The van der Waals surface area contributed by atoms with Gasteiger partial charge in [-0.25, -0.2) is 0 Å². The molecular weight excluding hydrogens is 306 g/mol. The summed E-state index contributed by atoms with van der Waals surface area (Å²) in [6, 6.07) is 7.34. The number of hydrogen-bond donors (Lipinski definition) is 2. The second kappa shape index (κ2) is 8.62. The smallest absolute Gasteiger partial charge is 0.115 e. The van der Waals surface area contributed by atoms with Crippen LogP contribution in [0.25, 0.3) is 5.57 Å². The van der Waals surface area contributed by atoms with Crippen molar-refractivity contribution in [3.63, 3.8) is 0 Å². The van der Waals surface area contributed by atoms with E-state index in [2.05, 4.69) is 11.0 Å². The van der Waals surface area contributed by atoms with Crippen LogP contribution in [0.15, 0.2) is 30.3 Å². The SMILES string of the molecule is Oc1ccc(C2=CCN(CC(O)COCC3CCCO3)CC2)cc1. The molecule has 0 aliphatic carbocycles. The van der Waals surface area contributed by atoms with Crippen LogP contribution in [0.1, 0.15) is 24.8 Å². The summed E-state index contributed by atoms with van der Waals surface area (Å²) < 4.78 is 11.1. The van der Waals surface area contributed by atoms with Crippen LogP contribution in [-0.4, -0.2) is 66.8 Å². The van der Waals surface area contributed by atoms with Gasteiger partial charge in [-0.2, -0.15) is 0 Å². The molecule has 24 heavy (non-hydrogen) atoms. The quantitative estimate of drug-likeness (QED) is 0.799. The summed E-state index contributed by atoms with van der Waals surface area (Å²) in [6.07, 6.45) is 5.08.